The van der Waals surface area contributed by atoms with Crippen LogP contribution in [-0.2, 0) is 16.0 Å². The number of amides is 2. The first kappa shape index (κ1) is 20.0. The van der Waals surface area contributed by atoms with E-state index in [4.69, 9.17) is 4.74 Å². The Morgan fingerprint density at radius 2 is 1.97 bits per heavy atom. The Kier molecular flexibility index (Phi) is 5.90. The van der Waals surface area contributed by atoms with Crippen molar-refractivity contribution >= 4 is 23.2 Å². The predicted octanol–water partition coefficient (Wildman–Crippen LogP) is 3.96. The van der Waals surface area contributed by atoms with Gasteiger partial charge in [-0.3, -0.25) is 9.59 Å². The van der Waals surface area contributed by atoms with E-state index in [1.807, 2.05) is 43.0 Å². The molecule has 1 atom stereocenters. The van der Waals surface area contributed by atoms with E-state index in [1.54, 1.807) is 16.2 Å². The molecule has 1 aliphatic heterocycles. The highest BCUT2D eigenvalue weighted by Crippen LogP contribution is 2.35. The van der Waals surface area contributed by atoms with Crippen LogP contribution in [0, 0.1) is 6.92 Å². The third-order valence-corrected chi connectivity index (χ3v) is 6.76. The second kappa shape index (κ2) is 8.57. The molecule has 2 aliphatic rings. The van der Waals surface area contributed by atoms with Crippen LogP contribution in [0.3, 0.4) is 0 Å². The number of nitrogens with zero attached hydrogens (tertiary/aromatic N) is 2. The van der Waals surface area contributed by atoms with Crippen LogP contribution in [0.1, 0.15) is 48.2 Å². The molecule has 0 unspecified atom stereocenters. The van der Waals surface area contributed by atoms with Crippen molar-refractivity contribution in [3.63, 3.8) is 0 Å². The number of aryl methyl sites for hydroxylation is 1. The van der Waals surface area contributed by atoms with Gasteiger partial charge in [0, 0.05) is 23.9 Å². The molecule has 1 aliphatic carbocycles. The molecule has 1 saturated carbocycles. The minimum absolute atomic E-state index is 0.0213. The Bertz CT molecular complexity index is 873. The van der Waals surface area contributed by atoms with E-state index < -0.39 is 0 Å². The van der Waals surface area contributed by atoms with E-state index in [1.165, 1.54) is 16.0 Å². The number of hydrogen-bond acceptors (Lipinski definition) is 4. The summed E-state index contributed by atoms with van der Waals surface area (Å²) in [5, 5.41) is 2.09. The number of rotatable bonds is 7. The Balaban J connectivity index is 1.50. The van der Waals surface area contributed by atoms with Crippen LogP contribution in [0.5, 0.6) is 5.75 Å². The first-order chi connectivity index (χ1) is 14.1. The van der Waals surface area contributed by atoms with Crippen LogP contribution in [-0.4, -0.2) is 47.4 Å². The maximum absolute atomic E-state index is 13.2. The first-order valence-electron chi connectivity index (χ1n) is 10.4. The highest BCUT2D eigenvalue weighted by Gasteiger charge is 2.37. The van der Waals surface area contributed by atoms with Gasteiger partial charge in [-0.05, 0) is 55.3 Å². The van der Waals surface area contributed by atoms with Crippen molar-refractivity contribution in [2.45, 2.75) is 51.6 Å². The molecule has 0 radical (unpaired) electrons. The molecule has 29 heavy (non-hydrogen) atoms. The van der Waals surface area contributed by atoms with Gasteiger partial charge in [-0.1, -0.05) is 24.6 Å². The molecule has 1 aromatic heterocycles. The summed E-state index contributed by atoms with van der Waals surface area (Å²) in [5.74, 6) is 0.903. The number of fused-ring (bicyclic) bond motifs is 1. The van der Waals surface area contributed by atoms with Crippen LogP contribution in [0.2, 0.25) is 0 Å². The summed E-state index contributed by atoms with van der Waals surface area (Å²) in [6, 6.07) is 10.2. The zero-order chi connectivity index (χ0) is 20.4. The fourth-order valence-electron chi connectivity index (χ4n) is 3.93. The molecule has 6 heteroatoms. The molecule has 5 nitrogen and oxygen atoms in total. The van der Waals surface area contributed by atoms with Gasteiger partial charge in [-0.2, -0.15) is 0 Å². The summed E-state index contributed by atoms with van der Waals surface area (Å²) in [6.07, 6.45) is 3.32. The fraction of sp³-hybridized carbons (Fsp3) is 0.478. The largest absolute Gasteiger partial charge is 0.491 e. The monoisotopic (exact) mass is 412 g/mol. The summed E-state index contributed by atoms with van der Waals surface area (Å²) in [4.78, 5) is 30.6. The normalized spacial score (nSPS) is 18.3. The molecular weight excluding hydrogens is 384 g/mol. The lowest BCUT2D eigenvalue weighted by atomic mass is 10.0. The van der Waals surface area contributed by atoms with Crippen molar-refractivity contribution in [2.75, 3.05) is 19.7 Å². The van der Waals surface area contributed by atoms with Crippen molar-refractivity contribution < 1.29 is 14.3 Å². The lowest BCUT2D eigenvalue weighted by Crippen LogP contribution is -2.48. The van der Waals surface area contributed by atoms with Gasteiger partial charge in [0.15, 0.2) is 0 Å². The van der Waals surface area contributed by atoms with Crippen LogP contribution in [0.25, 0.3) is 0 Å². The summed E-state index contributed by atoms with van der Waals surface area (Å²) >= 11 is 1.75. The van der Waals surface area contributed by atoms with E-state index >= 15 is 0 Å². The smallest absolute Gasteiger partial charge is 0.242 e. The number of carbonyl (C=O) groups excluding carboxylic acids is 2. The Hall–Kier alpha value is -2.34. The Labute approximate surface area is 176 Å². The van der Waals surface area contributed by atoms with Crippen LogP contribution >= 0.6 is 11.3 Å². The Morgan fingerprint density at radius 3 is 2.66 bits per heavy atom. The minimum atomic E-state index is -0.114. The van der Waals surface area contributed by atoms with Gasteiger partial charge in [0.25, 0.3) is 0 Å². The lowest BCUT2D eigenvalue weighted by Gasteiger charge is -2.37. The van der Waals surface area contributed by atoms with E-state index in [9.17, 15) is 9.59 Å². The van der Waals surface area contributed by atoms with Gasteiger partial charge in [-0.15, -0.1) is 11.3 Å². The molecule has 1 fully saturated rings. The topological polar surface area (TPSA) is 49.9 Å². The van der Waals surface area contributed by atoms with Crippen LogP contribution in [0.15, 0.2) is 35.7 Å². The predicted molar refractivity (Wildman–Crippen MR) is 114 cm³/mol. The maximum Gasteiger partial charge on any atom is 0.242 e. The van der Waals surface area contributed by atoms with Gasteiger partial charge in [-0.25, -0.2) is 0 Å². The zero-order valence-corrected chi connectivity index (χ0v) is 17.9. The molecule has 4 rings (SSSR count). The van der Waals surface area contributed by atoms with Gasteiger partial charge >= 0.3 is 0 Å². The second-order valence-corrected chi connectivity index (χ2v) is 8.88. The molecule has 0 N–H and O–H groups in total. The molecule has 0 bridgehead atoms. The number of hydrogen-bond donors (Lipinski definition) is 0. The number of thiophene rings is 1. The maximum atomic E-state index is 13.2. The van der Waals surface area contributed by atoms with Crippen molar-refractivity contribution in [1.82, 2.24) is 9.80 Å². The molecular formula is C23H28N2O3S. The van der Waals surface area contributed by atoms with Gasteiger partial charge in [0.1, 0.15) is 18.9 Å². The summed E-state index contributed by atoms with van der Waals surface area (Å²) < 4.78 is 6.07. The Morgan fingerprint density at radius 1 is 1.21 bits per heavy atom. The second-order valence-electron chi connectivity index (χ2n) is 7.88. The third-order valence-electron chi connectivity index (χ3n) is 5.76. The number of ether oxygens (including phenoxy) is 1. The van der Waals surface area contributed by atoms with E-state index in [0.29, 0.717) is 19.6 Å². The highest BCUT2D eigenvalue weighted by molar-refractivity contribution is 7.10. The number of benzene rings is 1. The van der Waals surface area contributed by atoms with E-state index in [0.717, 1.165) is 25.0 Å². The SMILES string of the molecule is CCC(=O)N(CC(=O)N1CCc2sccc2[C@H]1COc1ccc(C)cc1)C1CC1. The third kappa shape index (κ3) is 4.47. The van der Waals surface area contributed by atoms with Gasteiger partial charge in [0.2, 0.25) is 11.8 Å². The lowest BCUT2D eigenvalue weighted by molar-refractivity contribution is -0.143. The molecule has 0 saturated heterocycles. The molecule has 1 aromatic carbocycles. The summed E-state index contributed by atoms with van der Waals surface area (Å²) in [5.41, 5.74) is 2.37. The average Bonchev–Trinajstić information content (AvgIpc) is 3.46. The summed E-state index contributed by atoms with van der Waals surface area (Å²) in [7, 11) is 0. The van der Waals surface area contributed by atoms with Crippen LogP contribution in [0.4, 0.5) is 0 Å². The van der Waals surface area contributed by atoms with Crippen molar-refractivity contribution in [3.05, 3.63) is 51.7 Å². The standard InChI is InChI=1S/C23H28N2O3S/c1-3-22(26)25(17-6-7-17)14-23(27)24-12-10-21-19(11-13-29-21)20(24)15-28-18-8-4-16(2)5-9-18/h4-5,8-9,11,13,17,20H,3,6-7,10,12,14-15H2,1-2H3/t20-/m1/s1. The quantitative estimate of drug-likeness (QED) is 0.692. The first-order valence-corrected chi connectivity index (χ1v) is 11.3. The average molecular weight is 413 g/mol. The molecule has 2 aromatic rings. The van der Waals surface area contributed by atoms with Crippen molar-refractivity contribution in [3.8, 4) is 5.75 Å². The van der Waals surface area contributed by atoms with E-state index in [2.05, 4.69) is 11.4 Å². The fourth-order valence-corrected chi connectivity index (χ4v) is 4.86. The van der Waals surface area contributed by atoms with E-state index in [-0.39, 0.29) is 30.4 Å². The van der Waals surface area contributed by atoms with Crippen LogP contribution < -0.4 is 4.74 Å². The van der Waals surface area contributed by atoms with Crippen molar-refractivity contribution in [2.24, 2.45) is 0 Å². The highest BCUT2D eigenvalue weighted by atomic mass is 32.1. The van der Waals surface area contributed by atoms with Gasteiger partial charge < -0.3 is 14.5 Å². The molecule has 2 amide bonds. The summed E-state index contributed by atoms with van der Waals surface area (Å²) in [6.45, 7) is 5.18. The molecule has 2 heterocycles. The number of carbonyl (C=O) groups is 2. The molecule has 0 spiro atoms. The minimum Gasteiger partial charge on any atom is -0.491 e. The molecule has 154 valence electrons. The zero-order valence-electron chi connectivity index (χ0n) is 17.1. The van der Waals surface area contributed by atoms with Gasteiger partial charge in [0.05, 0.1) is 6.04 Å². The van der Waals surface area contributed by atoms with Crippen molar-refractivity contribution in [1.29, 1.82) is 0 Å².